The van der Waals surface area contributed by atoms with Gasteiger partial charge in [-0.2, -0.15) is 0 Å². The summed E-state index contributed by atoms with van der Waals surface area (Å²) in [4.78, 5) is 30.5. The van der Waals surface area contributed by atoms with E-state index in [9.17, 15) is 14.7 Å². The topological polar surface area (TPSA) is 111 Å². The molecule has 194 valence electrons. The molecule has 0 radical (unpaired) electrons. The van der Waals surface area contributed by atoms with Crippen molar-refractivity contribution in [1.29, 1.82) is 0 Å². The molecule has 0 spiro atoms. The Morgan fingerprint density at radius 3 is 2.28 bits per heavy atom. The summed E-state index contributed by atoms with van der Waals surface area (Å²) >= 11 is 0. The SMILES string of the molecule is COc1cc(C2C(C(=O)c3ccc(C)o3)=C(O)C(=O)N2CCCN2CCOCC2)cc(OC)c1OC. The third-order valence-electron chi connectivity index (χ3n) is 6.49. The molecule has 3 heterocycles. The summed E-state index contributed by atoms with van der Waals surface area (Å²) in [6.45, 7) is 5.83. The lowest BCUT2D eigenvalue weighted by molar-refractivity contribution is -0.129. The number of hydrogen-bond acceptors (Lipinski definition) is 9. The molecule has 0 bridgehead atoms. The van der Waals surface area contributed by atoms with Crippen LogP contribution in [0.3, 0.4) is 0 Å². The Morgan fingerprint density at radius 2 is 1.72 bits per heavy atom. The van der Waals surface area contributed by atoms with Crippen LogP contribution >= 0.6 is 0 Å². The number of methoxy groups -OCH3 is 3. The van der Waals surface area contributed by atoms with Crippen LogP contribution in [0.2, 0.25) is 0 Å². The van der Waals surface area contributed by atoms with Gasteiger partial charge >= 0.3 is 0 Å². The molecule has 1 fully saturated rings. The first-order valence-electron chi connectivity index (χ1n) is 11.8. The van der Waals surface area contributed by atoms with E-state index < -0.39 is 23.5 Å². The first-order valence-corrected chi connectivity index (χ1v) is 11.8. The molecule has 1 aromatic carbocycles. The van der Waals surface area contributed by atoms with Crippen molar-refractivity contribution >= 4 is 11.7 Å². The number of aliphatic hydroxyl groups is 1. The maximum absolute atomic E-state index is 13.5. The highest BCUT2D eigenvalue weighted by Gasteiger charge is 2.45. The third-order valence-corrected chi connectivity index (χ3v) is 6.49. The van der Waals surface area contributed by atoms with E-state index in [-0.39, 0.29) is 11.3 Å². The molecule has 0 saturated carbocycles. The maximum Gasteiger partial charge on any atom is 0.290 e. The van der Waals surface area contributed by atoms with E-state index in [2.05, 4.69) is 4.90 Å². The average Bonchev–Trinajstić information content (AvgIpc) is 3.44. The van der Waals surface area contributed by atoms with E-state index >= 15 is 0 Å². The molecule has 2 aliphatic rings. The van der Waals surface area contributed by atoms with Gasteiger partial charge in [0.25, 0.3) is 5.91 Å². The maximum atomic E-state index is 13.5. The first-order chi connectivity index (χ1) is 17.4. The number of aryl methyl sites for hydroxylation is 1. The number of morpholine rings is 1. The number of benzene rings is 1. The predicted molar refractivity (Wildman–Crippen MR) is 130 cm³/mol. The van der Waals surface area contributed by atoms with Crippen LogP contribution in [-0.4, -0.2) is 87.3 Å². The molecule has 1 atom stereocenters. The van der Waals surface area contributed by atoms with Crippen molar-refractivity contribution < 1.29 is 38.1 Å². The van der Waals surface area contributed by atoms with Gasteiger partial charge in [0.2, 0.25) is 11.5 Å². The zero-order chi connectivity index (χ0) is 25.8. The van der Waals surface area contributed by atoms with E-state index in [0.717, 1.165) is 19.6 Å². The number of ether oxygens (including phenoxy) is 4. The highest BCUT2D eigenvalue weighted by atomic mass is 16.5. The van der Waals surface area contributed by atoms with Crippen molar-refractivity contribution in [1.82, 2.24) is 9.80 Å². The molecular weight excluding hydrogens is 468 g/mol. The lowest BCUT2D eigenvalue weighted by Crippen LogP contribution is -2.39. The third kappa shape index (κ3) is 4.91. The number of furan rings is 1. The minimum absolute atomic E-state index is 0.0463. The zero-order valence-electron chi connectivity index (χ0n) is 21.0. The Morgan fingerprint density at radius 1 is 1.06 bits per heavy atom. The van der Waals surface area contributed by atoms with E-state index in [1.165, 1.54) is 32.3 Å². The minimum atomic E-state index is -0.867. The number of carbonyl (C=O) groups excluding carboxylic acids is 2. The molecule has 2 aromatic rings. The molecule has 36 heavy (non-hydrogen) atoms. The van der Waals surface area contributed by atoms with Crippen molar-refractivity contribution in [2.45, 2.75) is 19.4 Å². The fraction of sp³-hybridized carbons (Fsp3) is 0.462. The van der Waals surface area contributed by atoms with Crippen LogP contribution in [0.4, 0.5) is 0 Å². The fourth-order valence-electron chi connectivity index (χ4n) is 4.70. The highest BCUT2D eigenvalue weighted by Crippen LogP contribution is 2.45. The van der Waals surface area contributed by atoms with Gasteiger partial charge < -0.3 is 33.4 Å². The smallest absolute Gasteiger partial charge is 0.290 e. The lowest BCUT2D eigenvalue weighted by Gasteiger charge is -2.30. The van der Waals surface area contributed by atoms with Crippen LogP contribution in [0.15, 0.2) is 40.0 Å². The van der Waals surface area contributed by atoms with Gasteiger partial charge in [0, 0.05) is 26.2 Å². The minimum Gasteiger partial charge on any atom is -0.503 e. The van der Waals surface area contributed by atoms with Crippen LogP contribution in [0.1, 0.15) is 34.3 Å². The van der Waals surface area contributed by atoms with E-state index in [1.807, 2.05) is 0 Å². The van der Waals surface area contributed by atoms with E-state index in [0.29, 0.717) is 54.8 Å². The number of amides is 1. The fourth-order valence-corrected chi connectivity index (χ4v) is 4.70. The zero-order valence-corrected chi connectivity index (χ0v) is 21.0. The van der Waals surface area contributed by atoms with E-state index in [4.69, 9.17) is 23.4 Å². The van der Waals surface area contributed by atoms with Gasteiger partial charge in [-0.15, -0.1) is 0 Å². The molecule has 1 amide bonds. The summed E-state index contributed by atoms with van der Waals surface area (Å²) in [5.41, 5.74) is 0.495. The molecule has 10 nitrogen and oxygen atoms in total. The van der Waals surface area contributed by atoms with Crippen LogP contribution in [0.5, 0.6) is 17.2 Å². The molecular formula is C26H32N2O8. The Hall–Kier alpha value is -3.50. The lowest BCUT2D eigenvalue weighted by atomic mass is 9.94. The summed E-state index contributed by atoms with van der Waals surface area (Å²) in [6, 6.07) is 5.71. The van der Waals surface area contributed by atoms with Crippen LogP contribution < -0.4 is 14.2 Å². The van der Waals surface area contributed by atoms with E-state index in [1.54, 1.807) is 25.1 Å². The van der Waals surface area contributed by atoms with Crippen molar-refractivity contribution in [3.05, 3.63) is 52.7 Å². The summed E-state index contributed by atoms with van der Waals surface area (Å²) in [5, 5.41) is 10.9. The molecule has 1 unspecified atom stereocenters. The van der Waals surface area contributed by atoms with Crippen LogP contribution in [0, 0.1) is 6.92 Å². The van der Waals surface area contributed by atoms with Gasteiger partial charge in [0.15, 0.2) is 23.0 Å². The van der Waals surface area contributed by atoms with Gasteiger partial charge in [-0.05, 0) is 43.2 Å². The standard InChI is InChI=1S/C26H32N2O8/c1-16-6-7-18(36-16)23(29)21-22(17-14-19(32-2)25(34-4)20(15-17)33-3)28(26(31)24(21)30)9-5-8-27-10-12-35-13-11-27/h6-7,14-15,22,30H,5,8-13H2,1-4H3. The molecule has 4 rings (SSSR count). The first kappa shape index (κ1) is 25.6. The Labute approximate surface area is 210 Å². The predicted octanol–water partition coefficient (Wildman–Crippen LogP) is 2.91. The number of aliphatic hydroxyl groups excluding tert-OH is 1. The van der Waals surface area contributed by atoms with Gasteiger partial charge in [0.05, 0.1) is 46.2 Å². The van der Waals surface area contributed by atoms with Crippen molar-refractivity contribution in [2.75, 3.05) is 60.7 Å². The second-order valence-corrected chi connectivity index (χ2v) is 8.67. The number of hydrogen-bond donors (Lipinski definition) is 1. The largest absolute Gasteiger partial charge is 0.503 e. The quantitative estimate of drug-likeness (QED) is 0.492. The molecule has 0 aliphatic carbocycles. The average molecular weight is 501 g/mol. The molecule has 2 aliphatic heterocycles. The number of Topliss-reactive ketones (excluding diaryl/α,β-unsaturated/α-hetero) is 1. The van der Waals surface area contributed by atoms with Crippen LogP contribution in [-0.2, 0) is 9.53 Å². The van der Waals surface area contributed by atoms with Crippen LogP contribution in [0.25, 0.3) is 0 Å². The number of rotatable bonds is 10. The molecule has 10 heteroatoms. The highest BCUT2D eigenvalue weighted by molar-refractivity contribution is 6.15. The number of carbonyl (C=O) groups is 2. The number of nitrogens with zero attached hydrogens (tertiary/aromatic N) is 2. The summed E-state index contributed by atoms with van der Waals surface area (Å²) in [5.74, 6) is -0.0114. The summed E-state index contributed by atoms with van der Waals surface area (Å²) in [6.07, 6.45) is 0.654. The number of ketones is 1. The molecule has 1 aromatic heterocycles. The molecule has 1 N–H and O–H groups in total. The van der Waals surface area contributed by atoms with Gasteiger partial charge in [-0.3, -0.25) is 14.5 Å². The van der Waals surface area contributed by atoms with Crippen molar-refractivity contribution in [3.8, 4) is 17.2 Å². The van der Waals surface area contributed by atoms with Gasteiger partial charge in [-0.25, -0.2) is 0 Å². The Balaban J connectivity index is 1.72. The normalized spacial score (nSPS) is 18.6. The monoisotopic (exact) mass is 500 g/mol. The Bertz CT molecular complexity index is 1120. The summed E-state index contributed by atoms with van der Waals surface area (Å²) in [7, 11) is 4.48. The Kier molecular flexibility index (Phi) is 7.85. The van der Waals surface area contributed by atoms with Gasteiger partial charge in [0.1, 0.15) is 5.76 Å². The summed E-state index contributed by atoms with van der Waals surface area (Å²) < 4.78 is 27.4. The van der Waals surface area contributed by atoms with Gasteiger partial charge in [-0.1, -0.05) is 0 Å². The molecule has 1 saturated heterocycles. The second-order valence-electron chi connectivity index (χ2n) is 8.67. The second kappa shape index (κ2) is 11.0. The van der Waals surface area contributed by atoms with Crippen molar-refractivity contribution in [3.63, 3.8) is 0 Å². The van der Waals surface area contributed by atoms with Crippen molar-refractivity contribution in [2.24, 2.45) is 0 Å².